The average molecular weight is 189 g/mol. The first-order valence-corrected chi connectivity index (χ1v) is 6.13. The Labute approximate surface area is 74.6 Å². The van der Waals surface area contributed by atoms with E-state index in [4.69, 9.17) is 0 Å². The lowest BCUT2D eigenvalue weighted by atomic mass is 10.2. The first-order chi connectivity index (χ1) is 5.43. The van der Waals surface area contributed by atoms with E-state index >= 15 is 0 Å². The van der Waals surface area contributed by atoms with Crippen molar-refractivity contribution in [2.24, 2.45) is 4.99 Å². The number of hydrogen-bond acceptors (Lipinski definition) is 4. The molecule has 62 valence electrons. The van der Waals surface area contributed by atoms with Gasteiger partial charge in [-0.1, -0.05) is 21.6 Å². The molecule has 1 aliphatic heterocycles. The highest BCUT2D eigenvalue weighted by Gasteiger charge is 2.15. The summed E-state index contributed by atoms with van der Waals surface area (Å²) in [6, 6.07) is 0. The molecule has 11 heavy (non-hydrogen) atoms. The molecular weight excluding hydrogens is 178 g/mol. The van der Waals surface area contributed by atoms with Gasteiger partial charge in [-0.3, -0.25) is 0 Å². The quantitative estimate of drug-likeness (QED) is 0.294. The van der Waals surface area contributed by atoms with Crippen LogP contribution in [-0.4, -0.2) is 23.6 Å². The van der Waals surface area contributed by atoms with Crippen LogP contribution < -0.4 is 0 Å². The minimum Gasteiger partial charge on any atom is -0.211 e. The second kappa shape index (κ2) is 5.70. The predicted molar refractivity (Wildman–Crippen MR) is 50.7 cm³/mol. The molecule has 1 rings (SSSR count). The molecule has 0 spiro atoms. The van der Waals surface area contributed by atoms with Gasteiger partial charge >= 0.3 is 0 Å². The molecule has 1 aliphatic rings. The Hall–Kier alpha value is 0.0800. The third-order valence-corrected chi connectivity index (χ3v) is 4.59. The van der Waals surface area contributed by atoms with E-state index in [0.29, 0.717) is 6.54 Å². The molecule has 1 unspecified atom stereocenters. The van der Waals surface area contributed by atoms with Crippen molar-refractivity contribution in [3.63, 3.8) is 0 Å². The van der Waals surface area contributed by atoms with E-state index < -0.39 is 0 Å². The van der Waals surface area contributed by atoms with Crippen LogP contribution >= 0.6 is 21.6 Å². The Balaban J connectivity index is 1.97. The summed E-state index contributed by atoms with van der Waals surface area (Å²) in [6.07, 6.45) is 5.11. The van der Waals surface area contributed by atoms with E-state index in [9.17, 15) is 4.79 Å². The molecule has 1 fully saturated rings. The largest absolute Gasteiger partial charge is 0.234 e. The summed E-state index contributed by atoms with van der Waals surface area (Å²) in [4.78, 5) is 13.2. The smallest absolute Gasteiger partial charge is 0.211 e. The number of aliphatic imine (C=N–C) groups is 1. The number of hydrogen-bond donors (Lipinski definition) is 0. The SMILES string of the molecule is O=C=NCCCC1CCSS1. The van der Waals surface area contributed by atoms with Gasteiger partial charge in [-0.2, -0.15) is 0 Å². The maximum absolute atomic E-state index is 9.70. The lowest BCUT2D eigenvalue weighted by molar-refractivity contribution is 0.561. The molecule has 1 atom stereocenters. The van der Waals surface area contributed by atoms with Crippen LogP contribution in [0.15, 0.2) is 4.99 Å². The summed E-state index contributed by atoms with van der Waals surface area (Å²) in [6.45, 7) is 0.658. The number of isocyanates is 1. The number of carbonyl (C=O) groups excluding carboxylic acids is 1. The normalized spacial score (nSPS) is 23.1. The van der Waals surface area contributed by atoms with Gasteiger partial charge in [0, 0.05) is 11.0 Å². The minimum atomic E-state index is 0.658. The highest BCUT2D eigenvalue weighted by molar-refractivity contribution is 8.77. The van der Waals surface area contributed by atoms with Crippen LogP contribution in [0.4, 0.5) is 0 Å². The van der Waals surface area contributed by atoms with Crippen molar-refractivity contribution in [2.75, 3.05) is 12.3 Å². The van der Waals surface area contributed by atoms with Crippen LogP contribution in [0.2, 0.25) is 0 Å². The van der Waals surface area contributed by atoms with Crippen molar-refractivity contribution in [3.8, 4) is 0 Å². The third-order valence-electron chi connectivity index (χ3n) is 1.59. The van der Waals surface area contributed by atoms with Gasteiger partial charge < -0.3 is 0 Å². The third kappa shape index (κ3) is 3.85. The first-order valence-electron chi connectivity index (χ1n) is 3.75. The molecule has 0 aliphatic carbocycles. The van der Waals surface area contributed by atoms with E-state index in [1.807, 2.05) is 21.6 Å². The molecule has 1 saturated heterocycles. The molecule has 0 aromatic heterocycles. The summed E-state index contributed by atoms with van der Waals surface area (Å²) in [7, 11) is 3.93. The molecule has 0 aromatic carbocycles. The van der Waals surface area contributed by atoms with Crippen molar-refractivity contribution in [1.29, 1.82) is 0 Å². The fourth-order valence-electron chi connectivity index (χ4n) is 1.01. The van der Waals surface area contributed by atoms with E-state index in [1.54, 1.807) is 6.08 Å². The zero-order valence-electron chi connectivity index (χ0n) is 6.28. The van der Waals surface area contributed by atoms with E-state index in [-0.39, 0.29) is 0 Å². The second-order valence-corrected chi connectivity index (χ2v) is 5.23. The van der Waals surface area contributed by atoms with Crippen LogP contribution in [0.3, 0.4) is 0 Å². The summed E-state index contributed by atoms with van der Waals surface area (Å²) in [5.41, 5.74) is 0. The molecular formula is C7H11NOS2. The Morgan fingerprint density at radius 1 is 1.64 bits per heavy atom. The topological polar surface area (TPSA) is 29.4 Å². The monoisotopic (exact) mass is 189 g/mol. The van der Waals surface area contributed by atoms with Gasteiger partial charge in [-0.15, -0.1) is 0 Å². The van der Waals surface area contributed by atoms with Crippen molar-refractivity contribution in [3.05, 3.63) is 0 Å². The van der Waals surface area contributed by atoms with Gasteiger partial charge in [0.05, 0.1) is 6.54 Å². The van der Waals surface area contributed by atoms with Crippen LogP contribution in [-0.2, 0) is 4.79 Å². The highest BCUT2D eigenvalue weighted by atomic mass is 33.1. The van der Waals surface area contributed by atoms with Gasteiger partial charge in [0.25, 0.3) is 0 Å². The predicted octanol–water partition coefficient (Wildman–Crippen LogP) is 2.26. The van der Waals surface area contributed by atoms with Crippen molar-refractivity contribution in [2.45, 2.75) is 24.5 Å². The molecule has 0 radical (unpaired) electrons. The molecule has 0 N–H and O–H groups in total. The lowest BCUT2D eigenvalue weighted by Crippen LogP contribution is -1.97. The van der Waals surface area contributed by atoms with Gasteiger partial charge in [0.1, 0.15) is 0 Å². The van der Waals surface area contributed by atoms with Gasteiger partial charge in [0.2, 0.25) is 6.08 Å². The molecule has 0 aromatic rings. The van der Waals surface area contributed by atoms with Gasteiger partial charge in [-0.25, -0.2) is 9.79 Å². The molecule has 1 heterocycles. The summed E-state index contributed by atoms with van der Waals surface area (Å²) in [5.74, 6) is 1.28. The zero-order chi connectivity index (χ0) is 7.94. The Bertz CT molecular complexity index is 151. The van der Waals surface area contributed by atoms with Crippen LogP contribution in [0.1, 0.15) is 19.3 Å². The van der Waals surface area contributed by atoms with Crippen molar-refractivity contribution < 1.29 is 4.79 Å². The number of rotatable bonds is 4. The van der Waals surface area contributed by atoms with Crippen LogP contribution in [0.5, 0.6) is 0 Å². The molecule has 0 amide bonds. The standard InChI is InChI=1S/C7H11NOS2/c9-6-8-4-1-2-7-3-5-10-11-7/h7H,1-5H2. The lowest BCUT2D eigenvalue weighted by Gasteiger charge is -2.03. The Morgan fingerprint density at radius 2 is 2.55 bits per heavy atom. The summed E-state index contributed by atoms with van der Waals surface area (Å²) >= 11 is 0. The fraction of sp³-hybridized carbons (Fsp3) is 0.857. The van der Waals surface area contributed by atoms with E-state index in [1.165, 1.54) is 18.6 Å². The second-order valence-electron chi connectivity index (χ2n) is 2.44. The van der Waals surface area contributed by atoms with Crippen molar-refractivity contribution in [1.82, 2.24) is 0 Å². The average Bonchev–Trinajstić information content (AvgIpc) is 2.50. The first kappa shape index (κ1) is 9.17. The summed E-state index contributed by atoms with van der Waals surface area (Å²) in [5, 5.41) is 0.807. The molecule has 0 bridgehead atoms. The molecule has 2 nitrogen and oxygen atoms in total. The Morgan fingerprint density at radius 3 is 3.18 bits per heavy atom. The number of nitrogens with zero attached hydrogens (tertiary/aromatic N) is 1. The highest BCUT2D eigenvalue weighted by Crippen LogP contribution is 2.39. The minimum absolute atomic E-state index is 0.658. The van der Waals surface area contributed by atoms with Crippen molar-refractivity contribution >= 4 is 27.7 Å². The molecule has 4 heteroatoms. The Kier molecular flexibility index (Phi) is 4.75. The maximum Gasteiger partial charge on any atom is 0.234 e. The van der Waals surface area contributed by atoms with Crippen LogP contribution in [0, 0.1) is 0 Å². The van der Waals surface area contributed by atoms with Gasteiger partial charge in [-0.05, 0) is 19.3 Å². The maximum atomic E-state index is 9.70. The summed E-state index contributed by atoms with van der Waals surface area (Å²) < 4.78 is 0. The van der Waals surface area contributed by atoms with E-state index in [2.05, 4.69) is 4.99 Å². The zero-order valence-corrected chi connectivity index (χ0v) is 7.92. The van der Waals surface area contributed by atoms with Gasteiger partial charge in [0.15, 0.2) is 0 Å². The van der Waals surface area contributed by atoms with E-state index in [0.717, 1.165) is 11.7 Å². The fourth-order valence-corrected chi connectivity index (χ4v) is 4.04. The van der Waals surface area contributed by atoms with Crippen LogP contribution in [0.25, 0.3) is 0 Å². The molecule has 0 saturated carbocycles.